The van der Waals surface area contributed by atoms with E-state index in [1.165, 1.54) is 0 Å². The molecule has 0 atom stereocenters. The van der Waals surface area contributed by atoms with Gasteiger partial charge in [-0.2, -0.15) is 5.10 Å². The molecule has 0 aliphatic carbocycles. The largest absolute Gasteiger partial charge is 0.484 e. The standard InChI is InChI=1S/C17H19N3O4/c1-2-23-17(22)16-13-10-20(9-8-14(13)18-19-16)15(21)11-24-12-6-4-3-5-7-12/h3-7H,2,8-11H2,1H3,(H,18,19). The number of para-hydroxylation sites is 1. The summed E-state index contributed by atoms with van der Waals surface area (Å²) in [6.07, 6.45) is 0.624. The molecule has 0 fully saturated rings. The van der Waals surface area contributed by atoms with Crippen molar-refractivity contribution in [3.8, 4) is 5.75 Å². The van der Waals surface area contributed by atoms with Crippen molar-refractivity contribution in [2.24, 2.45) is 0 Å². The van der Waals surface area contributed by atoms with Crippen LogP contribution in [-0.4, -0.2) is 46.7 Å². The van der Waals surface area contributed by atoms with Gasteiger partial charge in [0.25, 0.3) is 5.91 Å². The molecule has 1 N–H and O–H groups in total. The molecule has 7 heteroatoms. The number of hydrogen-bond acceptors (Lipinski definition) is 5. The third-order valence-electron chi connectivity index (χ3n) is 3.86. The number of esters is 1. The molecule has 1 aliphatic heterocycles. The van der Waals surface area contributed by atoms with E-state index >= 15 is 0 Å². The van der Waals surface area contributed by atoms with Crippen LogP contribution in [0.4, 0.5) is 0 Å². The molecule has 0 radical (unpaired) electrons. The van der Waals surface area contributed by atoms with Crippen molar-refractivity contribution in [1.82, 2.24) is 15.1 Å². The first kappa shape index (κ1) is 16.0. The fourth-order valence-corrected chi connectivity index (χ4v) is 2.63. The second-order valence-corrected chi connectivity index (χ2v) is 5.42. The van der Waals surface area contributed by atoms with E-state index in [0.29, 0.717) is 25.3 Å². The van der Waals surface area contributed by atoms with E-state index in [0.717, 1.165) is 11.3 Å². The van der Waals surface area contributed by atoms with Crippen LogP contribution in [0.15, 0.2) is 30.3 Å². The van der Waals surface area contributed by atoms with Gasteiger partial charge in [-0.15, -0.1) is 0 Å². The molecule has 0 unspecified atom stereocenters. The Morgan fingerprint density at radius 3 is 2.83 bits per heavy atom. The van der Waals surface area contributed by atoms with Crippen LogP contribution in [0.2, 0.25) is 0 Å². The molecule has 126 valence electrons. The van der Waals surface area contributed by atoms with E-state index in [1.807, 2.05) is 18.2 Å². The van der Waals surface area contributed by atoms with Gasteiger partial charge in [0.2, 0.25) is 0 Å². The Labute approximate surface area is 139 Å². The zero-order chi connectivity index (χ0) is 16.9. The molecule has 0 saturated carbocycles. The molecule has 2 heterocycles. The first-order chi connectivity index (χ1) is 11.7. The predicted octanol–water partition coefficient (Wildman–Crippen LogP) is 1.55. The highest BCUT2D eigenvalue weighted by Crippen LogP contribution is 2.21. The van der Waals surface area contributed by atoms with Gasteiger partial charge in [0.1, 0.15) is 5.75 Å². The number of nitrogens with one attached hydrogen (secondary N) is 1. The fourth-order valence-electron chi connectivity index (χ4n) is 2.63. The molecule has 1 amide bonds. The van der Waals surface area contributed by atoms with Gasteiger partial charge in [-0.25, -0.2) is 4.79 Å². The number of fused-ring (bicyclic) bond motifs is 1. The number of H-pyrrole nitrogens is 1. The van der Waals surface area contributed by atoms with Crippen LogP contribution in [0, 0.1) is 0 Å². The third-order valence-corrected chi connectivity index (χ3v) is 3.86. The predicted molar refractivity (Wildman–Crippen MR) is 85.6 cm³/mol. The summed E-state index contributed by atoms with van der Waals surface area (Å²) >= 11 is 0. The van der Waals surface area contributed by atoms with Crippen molar-refractivity contribution in [3.63, 3.8) is 0 Å². The van der Waals surface area contributed by atoms with Crippen molar-refractivity contribution >= 4 is 11.9 Å². The van der Waals surface area contributed by atoms with E-state index in [-0.39, 0.29) is 24.8 Å². The van der Waals surface area contributed by atoms with Gasteiger partial charge in [0, 0.05) is 24.2 Å². The zero-order valence-electron chi connectivity index (χ0n) is 13.4. The summed E-state index contributed by atoms with van der Waals surface area (Å²) in [5.41, 5.74) is 1.87. The van der Waals surface area contributed by atoms with Crippen LogP contribution >= 0.6 is 0 Å². The number of carbonyl (C=O) groups is 2. The average molecular weight is 329 g/mol. The van der Waals surface area contributed by atoms with Crippen molar-refractivity contribution in [2.45, 2.75) is 19.9 Å². The van der Waals surface area contributed by atoms with Crippen LogP contribution in [0.25, 0.3) is 0 Å². The SMILES string of the molecule is CCOC(=O)c1n[nH]c2c1CN(C(=O)COc1ccccc1)CC2. The number of hydrogen-bond donors (Lipinski definition) is 1. The summed E-state index contributed by atoms with van der Waals surface area (Å²) < 4.78 is 10.5. The highest BCUT2D eigenvalue weighted by atomic mass is 16.5. The van der Waals surface area contributed by atoms with E-state index < -0.39 is 5.97 Å². The highest BCUT2D eigenvalue weighted by molar-refractivity contribution is 5.89. The van der Waals surface area contributed by atoms with E-state index in [9.17, 15) is 9.59 Å². The Balaban J connectivity index is 1.64. The van der Waals surface area contributed by atoms with Gasteiger partial charge in [-0.3, -0.25) is 9.89 Å². The first-order valence-electron chi connectivity index (χ1n) is 7.88. The lowest BCUT2D eigenvalue weighted by Crippen LogP contribution is -2.39. The number of aromatic nitrogens is 2. The van der Waals surface area contributed by atoms with Crippen LogP contribution in [0.3, 0.4) is 0 Å². The average Bonchev–Trinajstić information content (AvgIpc) is 3.04. The molecule has 1 aliphatic rings. The summed E-state index contributed by atoms with van der Waals surface area (Å²) in [7, 11) is 0. The molecule has 1 aromatic heterocycles. The monoisotopic (exact) mass is 329 g/mol. The Hall–Kier alpha value is -2.83. The van der Waals surface area contributed by atoms with Crippen LogP contribution < -0.4 is 4.74 Å². The van der Waals surface area contributed by atoms with Crippen molar-refractivity contribution in [2.75, 3.05) is 19.8 Å². The van der Waals surface area contributed by atoms with E-state index in [2.05, 4.69) is 10.2 Å². The Kier molecular flexibility index (Phi) is 4.79. The van der Waals surface area contributed by atoms with Gasteiger partial charge in [0.05, 0.1) is 13.2 Å². The number of nitrogens with zero attached hydrogens (tertiary/aromatic N) is 2. The third kappa shape index (κ3) is 3.40. The number of rotatable bonds is 5. The van der Waals surface area contributed by atoms with Crippen molar-refractivity contribution in [3.05, 3.63) is 47.3 Å². The summed E-state index contributed by atoms with van der Waals surface area (Å²) in [4.78, 5) is 26.0. The Morgan fingerprint density at radius 2 is 2.08 bits per heavy atom. The normalized spacial score (nSPS) is 13.3. The number of benzene rings is 1. The summed E-state index contributed by atoms with van der Waals surface area (Å²) in [6.45, 7) is 2.89. The molecule has 1 aromatic carbocycles. The van der Waals surface area contributed by atoms with Gasteiger partial charge < -0.3 is 14.4 Å². The van der Waals surface area contributed by atoms with Crippen molar-refractivity contribution in [1.29, 1.82) is 0 Å². The minimum atomic E-state index is -0.468. The molecular weight excluding hydrogens is 310 g/mol. The van der Waals surface area contributed by atoms with Crippen LogP contribution in [-0.2, 0) is 22.5 Å². The maximum Gasteiger partial charge on any atom is 0.359 e. The number of carbonyl (C=O) groups excluding carboxylic acids is 2. The minimum absolute atomic E-state index is 0.0358. The van der Waals surface area contributed by atoms with Gasteiger partial charge in [0.15, 0.2) is 12.3 Å². The van der Waals surface area contributed by atoms with E-state index in [1.54, 1.807) is 24.0 Å². The van der Waals surface area contributed by atoms with Crippen LogP contribution in [0.5, 0.6) is 5.75 Å². The number of amides is 1. The smallest absolute Gasteiger partial charge is 0.359 e. The first-order valence-corrected chi connectivity index (χ1v) is 7.88. The lowest BCUT2D eigenvalue weighted by atomic mass is 10.1. The molecule has 0 saturated heterocycles. The molecule has 3 rings (SSSR count). The highest BCUT2D eigenvalue weighted by Gasteiger charge is 2.28. The van der Waals surface area contributed by atoms with Gasteiger partial charge in [-0.1, -0.05) is 18.2 Å². The summed E-state index contributed by atoms with van der Waals surface area (Å²) in [6, 6.07) is 9.19. The van der Waals surface area contributed by atoms with E-state index in [4.69, 9.17) is 9.47 Å². The quantitative estimate of drug-likeness (QED) is 0.841. The lowest BCUT2D eigenvalue weighted by Gasteiger charge is -2.27. The summed E-state index contributed by atoms with van der Waals surface area (Å²) in [5, 5.41) is 6.90. The van der Waals surface area contributed by atoms with Gasteiger partial charge in [-0.05, 0) is 19.1 Å². The van der Waals surface area contributed by atoms with Gasteiger partial charge >= 0.3 is 5.97 Å². The minimum Gasteiger partial charge on any atom is -0.484 e. The maximum absolute atomic E-state index is 12.4. The van der Waals surface area contributed by atoms with Crippen LogP contribution in [0.1, 0.15) is 28.7 Å². The second kappa shape index (κ2) is 7.16. The topological polar surface area (TPSA) is 84.5 Å². The number of aromatic amines is 1. The molecule has 0 spiro atoms. The zero-order valence-corrected chi connectivity index (χ0v) is 13.4. The second-order valence-electron chi connectivity index (χ2n) is 5.42. The Bertz CT molecular complexity index is 727. The molecular formula is C17H19N3O4. The molecule has 24 heavy (non-hydrogen) atoms. The maximum atomic E-state index is 12.4. The molecule has 2 aromatic rings. The summed E-state index contributed by atoms with van der Waals surface area (Å²) in [5.74, 6) is 0.0596. The number of ether oxygens (including phenoxy) is 2. The fraction of sp³-hybridized carbons (Fsp3) is 0.353. The molecule has 7 nitrogen and oxygen atoms in total. The molecule has 0 bridgehead atoms. The lowest BCUT2D eigenvalue weighted by molar-refractivity contribution is -0.134. The van der Waals surface area contributed by atoms with Crippen molar-refractivity contribution < 1.29 is 19.1 Å². The Morgan fingerprint density at radius 1 is 1.29 bits per heavy atom.